The molecule has 0 aliphatic carbocycles. The van der Waals surface area contributed by atoms with E-state index in [0.717, 1.165) is 12.8 Å². The summed E-state index contributed by atoms with van der Waals surface area (Å²) in [6, 6.07) is 0.373. The van der Waals surface area contributed by atoms with Gasteiger partial charge in [0.25, 0.3) is 0 Å². The molecule has 5 heteroatoms. The molecule has 2 unspecified atom stereocenters. The summed E-state index contributed by atoms with van der Waals surface area (Å²) >= 11 is 0. The first kappa shape index (κ1) is 12.0. The first-order chi connectivity index (χ1) is 7.90. The van der Waals surface area contributed by atoms with E-state index in [2.05, 4.69) is 6.19 Å². The number of amides is 1. The second-order valence-electron chi connectivity index (χ2n) is 5.78. The number of nitrogens with zero attached hydrogens (tertiary/aromatic N) is 3. The number of piperazine rings is 1. The van der Waals surface area contributed by atoms with Gasteiger partial charge < -0.3 is 14.5 Å². The summed E-state index contributed by atoms with van der Waals surface area (Å²) in [6.45, 7) is 6.82. The fourth-order valence-electron chi connectivity index (χ4n) is 2.54. The normalized spacial score (nSPS) is 27.9. The van der Waals surface area contributed by atoms with Crippen LogP contribution < -0.4 is 0 Å². The van der Waals surface area contributed by atoms with Gasteiger partial charge in [-0.05, 0) is 33.6 Å². The Labute approximate surface area is 102 Å². The van der Waals surface area contributed by atoms with Crippen LogP contribution in [0.25, 0.3) is 0 Å². The van der Waals surface area contributed by atoms with Gasteiger partial charge in [0.15, 0.2) is 6.19 Å². The van der Waals surface area contributed by atoms with Gasteiger partial charge in [-0.15, -0.1) is 0 Å². The Balaban J connectivity index is 1.99. The third kappa shape index (κ3) is 2.46. The van der Waals surface area contributed by atoms with Crippen LogP contribution in [0.15, 0.2) is 0 Å². The van der Waals surface area contributed by atoms with Crippen molar-refractivity contribution in [2.24, 2.45) is 0 Å². The molecule has 0 saturated carbocycles. The molecule has 2 heterocycles. The van der Waals surface area contributed by atoms with Gasteiger partial charge in [0.05, 0.1) is 12.1 Å². The summed E-state index contributed by atoms with van der Waals surface area (Å²) in [7, 11) is 0. The van der Waals surface area contributed by atoms with Crippen LogP contribution in [0.1, 0.15) is 33.6 Å². The summed E-state index contributed by atoms with van der Waals surface area (Å²) in [5, 5.41) is 9.02. The van der Waals surface area contributed by atoms with Crippen molar-refractivity contribution in [1.29, 1.82) is 5.26 Å². The zero-order chi connectivity index (χ0) is 12.6. The van der Waals surface area contributed by atoms with Gasteiger partial charge >= 0.3 is 6.09 Å². The molecule has 2 fully saturated rings. The van der Waals surface area contributed by atoms with Crippen molar-refractivity contribution in [3.63, 3.8) is 0 Å². The number of ether oxygens (including phenoxy) is 1. The van der Waals surface area contributed by atoms with Crippen LogP contribution in [0.5, 0.6) is 0 Å². The third-order valence-corrected chi connectivity index (χ3v) is 3.25. The van der Waals surface area contributed by atoms with Gasteiger partial charge in [-0.1, -0.05) is 0 Å². The van der Waals surface area contributed by atoms with Crippen LogP contribution in [-0.2, 0) is 4.74 Å². The number of fused-ring (bicyclic) bond motifs is 2. The molecule has 2 aliphatic heterocycles. The third-order valence-electron chi connectivity index (χ3n) is 3.25. The van der Waals surface area contributed by atoms with E-state index in [0.29, 0.717) is 13.1 Å². The molecular weight excluding hydrogens is 218 g/mol. The van der Waals surface area contributed by atoms with Crippen LogP contribution >= 0.6 is 0 Å². The van der Waals surface area contributed by atoms with Crippen molar-refractivity contribution < 1.29 is 9.53 Å². The lowest BCUT2D eigenvalue weighted by Gasteiger charge is -2.38. The van der Waals surface area contributed by atoms with Crippen molar-refractivity contribution in [2.75, 3.05) is 13.1 Å². The molecule has 1 amide bonds. The lowest BCUT2D eigenvalue weighted by molar-refractivity contribution is 0.00943. The highest BCUT2D eigenvalue weighted by atomic mass is 16.6. The van der Waals surface area contributed by atoms with Gasteiger partial charge in [-0.3, -0.25) is 0 Å². The molecule has 0 aromatic heterocycles. The van der Waals surface area contributed by atoms with E-state index in [1.807, 2.05) is 25.7 Å². The maximum atomic E-state index is 11.9. The topological polar surface area (TPSA) is 56.6 Å². The minimum Gasteiger partial charge on any atom is -0.444 e. The summed E-state index contributed by atoms with van der Waals surface area (Å²) < 4.78 is 5.36. The highest BCUT2D eigenvalue weighted by molar-refractivity contribution is 5.68. The monoisotopic (exact) mass is 237 g/mol. The van der Waals surface area contributed by atoms with Crippen molar-refractivity contribution in [3.05, 3.63) is 0 Å². The van der Waals surface area contributed by atoms with Gasteiger partial charge in [-0.2, -0.15) is 5.26 Å². The van der Waals surface area contributed by atoms with E-state index in [1.165, 1.54) is 0 Å². The lowest BCUT2D eigenvalue weighted by atomic mass is 10.2. The van der Waals surface area contributed by atoms with Gasteiger partial charge in [0.1, 0.15) is 5.60 Å². The van der Waals surface area contributed by atoms with E-state index in [1.54, 1.807) is 4.90 Å². The van der Waals surface area contributed by atoms with E-state index in [9.17, 15) is 4.79 Å². The molecule has 17 heavy (non-hydrogen) atoms. The number of likely N-dealkylation sites (tertiary alicyclic amines) is 1. The number of carbonyl (C=O) groups excluding carboxylic acids is 1. The predicted molar refractivity (Wildman–Crippen MR) is 62.1 cm³/mol. The highest BCUT2D eigenvalue weighted by Crippen LogP contribution is 2.29. The quantitative estimate of drug-likeness (QED) is 0.600. The Morgan fingerprint density at radius 3 is 2.24 bits per heavy atom. The Bertz CT molecular complexity index is 342. The first-order valence-corrected chi connectivity index (χ1v) is 6.07. The fraction of sp³-hybridized carbons (Fsp3) is 0.833. The zero-order valence-electron chi connectivity index (χ0n) is 10.6. The fourth-order valence-corrected chi connectivity index (χ4v) is 2.54. The van der Waals surface area contributed by atoms with Crippen LogP contribution in [-0.4, -0.2) is 46.7 Å². The Kier molecular flexibility index (Phi) is 2.90. The predicted octanol–water partition coefficient (Wildman–Crippen LogP) is 1.55. The van der Waals surface area contributed by atoms with Gasteiger partial charge in [-0.25, -0.2) is 4.79 Å². The van der Waals surface area contributed by atoms with E-state index >= 15 is 0 Å². The molecule has 5 nitrogen and oxygen atoms in total. The van der Waals surface area contributed by atoms with Crippen LogP contribution in [0.3, 0.4) is 0 Å². The minimum absolute atomic E-state index is 0.186. The molecule has 0 N–H and O–H groups in total. The number of nitriles is 1. The molecule has 94 valence electrons. The Hall–Kier alpha value is -1.44. The maximum absolute atomic E-state index is 11.9. The average molecular weight is 237 g/mol. The molecule has 0 radical (unpaired) electrons. The van der Waals surface area contributed by atoms with Crippen molar-refractivity contribution >= 4 is 6.09 Å². The molecule has 2 bridgehead atoms. The summed E-state index contributed by atoms with van der Waals surface area (Å²) in [4.78, 5) is 15.5. The van der Waals surface area contributed by atoms with Crippen molar-refractivity contribution in [3.8, 4) is 6.19 Å². The molecule has 2 saturated heterocycles. The maximum Gasteiger partial charge on any atom is 0.410 e. The summed E-state index contributed by atoms with van der Waals surface area (Å²) in [5.41, 5.74) is -0.456. The van der Waals surface area contributed by atoms with Crippen LogP contribution in [0, 0.1) is 11.5 Å². The van der Waals surface area contributed by atoms with Gasteiger partial charge in [0.2, 0.25) is 0 Å². The zero-order valence-corrected chi connectivity index (χ0v) is 10.6. The van der Waals surface area contributed by atoms with E-state index in [-0.39, 0.29) is 18.2 Å². The number of hydrogen-bond donors (Lipinski definition) is 0. The van der Waals surface area contributed by atoms with Crippen molar-refractivity contribution in [1.82, 2.24) is 9.80 Å². The van der Waals surface area contributed by atoms with Crippen molar-refractivity contribution in [2.45, 2.75) is 51.3 Å². The van der Waals surface area contributed by atoms with Gasteiger partial charge in [0, 0.05) is 13.1 Å². The smallest absolute Gasteiger partial charge is 0.410 e. The molecule has 0 aromatic rings. The Morgan fingerprint density at radius 1 is 1.29 bits per heavy atom. The lowest BCUT2D eigenvalue weighted by Crippen LogP contribution is -2.54. The molecule has 2 aliphatic rings. The molecule has 2 atom stereocenters. The largest absolute Gasteiger partial charge is 0.444 e. The molecule has 2 rings (SSSR count). The standard InChI is InChI=1S/C12H19N3O2/c1-12(2,3)17-11(16)14-6-9-4-5-10(7-14)15(9)8-13/h9-10H,4-7H2,1-3H3. The number of hydrogen-bond acceptors (Lipinski definition) is 4. The number of carbonyl (C=O) groups is 1. The van der Waals surface area contributed by atoms with Crippen LogP contribution in [0.2, 0.25) is 0 Å². The minimum atomic E-state index is -0.456. The molecule has 0 aromatic carbocycles. The number of rotatable bonds is 0. The second-order valence-corrected chi connectivity index (χ2v) is 5.78. The SMILES string of the molecule is CC(C)(C)OC(=O)N1CC2CCC(C1)N2C#N. The summed E-state index contributed by atoms with van der Waals surface area (Å²) in [6.07, 6.45) is 3.97. The molecule has 0 spiro atoms. The Morgan fingerprint density at radius 2 is 1.82 bits per heavy atom. The van der Waals surface area contributed by atoms with E-state index in [4.69, 9.17) is 10.00 Å². The van der Waals surface area contributed by atoms with Crippen LogP contribution in [0.4, 0.5) is 4.79 Å². The first-order valence-electron chi connectivity index (χ1n) is 6.07. The molecular formula is C12H19N3O2. The summed E-state index contributed by atoms with van der Waals surface area (Å²) in [5.74, 6) is 0. The second kappa shape index (κ2) is 4.10. The highest BCUT2D eigenvalue weighted by Gasteiger charge is 2.42. The van der Waals surface area contributed by atoms with E-state index < -0.39 is 5.60 Å². The average Bonchev–Trinajstić information content (AvgIpc) is 2.44.